The molecule has 2 rings (SSSR count). The predicted molar refractivity (Wildman–Crippen MR) is 71.0 cm³/mol. The zero-order valence-electron chi connectivity index (χ0n) is 10.6. The highest BCUT2D eigenvalue weighted by molar-refractivity contribution is 5.91. The Balaban J connectivity index is 2.33. The van der Waals surface area contributed by atoms with Gasteiger partial charge in [0.1, 0.15) is 0 Å². The van der Waals surface area contributed by atoms with Crippen LogP contribution in [-0.4, -0.2) is 41.3 Å². The van der Waals surface area contributed by atoms with Gasteiger partial charge in [0.15, 0.2) is 0 Å². The lowest BCUT2D eigenvalue weighted by Crippen LogP contribution is -2.41. The number of carboxylic acid groups (broad SMARTS) is 2. The molecule has 6 nitrogen and oxygen atoms in total. The zero-order chi connectivity index (χ0) is 14.0. The van der Waals surface area contributed by atoms with Gasteiger partial charge in [-0.1, -0.05) is 0 Å². The highest BCUT2D eigenvalue weighted by atomic mass is 16.4. The van der Waals surface area contributed by atoms with E-state index in [1.54, 1.807) is 18.2 Å². The van der Waals surface area contributed by atoms with Crippen molar-refractivity contribution in [1.29, 1.82) is 0 Å². The van der Waals surface area contributed by atoms with Gasteiger partial charge in [-0.3, -0.25) is 4.79 Å². The summed E-state index contributed by atoms with van der Waals surface area (Å²) in [5.41, 5.74) is 1.79. The molecule has 1 aliphatic heterocycles. The van der Waals surface area contributed by atoms with E-state index in [1.165, 1.54) is 0 Å². The Bertz CT molecular complexity index is 515. The van der Waals surface area contributed by atoms with Crippen LogP contribution in [0, 0.1) is 0 Å². The third kappa shape index (κ3) is 2.78. The maximum Gasteiger partial charge on any atom is 0.335 e. The van der Waals surface area contributed by atoms with Gasteiger partial charge in [-0.25, -0.2) is 4.79 Å². The molecule has 1 heterocycles. The molecule has 19 heavy (non-hydrogen) atoms. The lowest BCUT2D eigenvalue weighted by molar-refractivity contribution is -0.137. The SMILES string of the molecule is CC(CC(=O)O)N1CCNc2ccc(C(=O)O)cc21. The number of hydrogen-bond donors (Lipinski definition) is 3. The number of nitrogens with one attached hydrogen (secondary N) is 1. The minimum absolute atomic E-state index is 0.0245. The van der Waals surface area contributed by atoms with Gasteiger partial charge in [0.25, 0.3) is 0 Å². The fourth-order valence-corrected chi connectivity index (χ4v) is 2.30. The number of anilines is 2. The first kappa shape index (κ1) is 13.2. The van der Waals surface area contributed by atoms with Crippen molar-refractivity contribution in [1.82, 2.24) is 0 Å². The Labute approximate surface area is 110 Å². The maximum absolute atomic E-state index is 11.0. The van der Waals surface area contributed by atoms with Crippen LogP contribution < -0.4 is 10.2 Å². The van der Waals surface area contributed by atoms with Gasteiger partial charge in [-0.15, -0.1) is 0 Å². The molecule has 1 unspecified atom stereocenters. The summed E-state index contributed by atoms with van der Waals surface area (Å²) in [5.74, 6) is -1.85. The summed E-state index contributed by atoms with van der Waals surface area (Å²) >= 11 is 0. The highest BCUT2D eigenvalue weighted by Crippen LogP contribution is 2.32. The van der Waals surface area contributed by atoms with Gasteiger partial charge >= 0.3 is 11.9 Å². The minimum atomic E-state index is -0.987. The van der Waals surface area contributed by atoms with Crippen LogP contribution in [0.3, 0.4) is 0 Å². The van der Waals surface area contributed by atoms with Crippen molar-refractivity contribution in [2.24, 2.45) is 0 Å². The van der Waals surface area contributed by atoms with Gasteiger partial charge in [-0.05, 0) is 25.1 Å². The second-order valence-corrected chi connectivity index (χ2v) is 4.60. The van der Waals surface area contributed by atoms with Crippen molar-refractivity contribution in [3.8, 4) is 0 Å². The molecule has 1 aliphatic rings. The van der Waals surface area contributed by atoms with Gasteiger partial charge in [0, 0.05) is 19.1 Å². The van der Waals surface area contributed by atoms with E-state index >= 15 is 0 Å². The number of benzene rings is 1. The van der Waals surface area contributed by atoms with Crippen molar-refractivity contribution in [3.63, 3.8) is 0 Å². The minimum Gasteiger partial charge on any atom is -0.481 e. The van der Waals surface area contributed by atoms with Crippen molar-refractivity contribution in [2.45, 2.75) is 19.4 Å². The number of rotatable bonds is 4. The molecule has 6 heteroatoms. The Morgan fingerprint density at radius 3 is 2.79 bits per heavy atom. The molecule has 0 saturated heterocycles. The quantitative estimate of drug-likeness (QED) is 0.763. The molecule has 102 valence electrons. The number of carboxylic acids is 2. The number of hydrogen-bond acceptors (Lipinski definition) is 4. The number of fused-ring (bicyclic) bond motifs is 1. The monoisotopic (exact) mass is 264 g/mol. The Kier molecular flexibility index (Phi) is 3.59. The Morgan fingerprint density at radius 2 is 2.16 bits per heavy atom. The molecule has 0 saturated carbocycles. The third-order valence-electron chi connectivity index (χ3n) is 3.22. The van der Waals surface area contributed by atoms with E-state index in [0.29, 0.717) is 13.1 Å². The van der Waals surface area contributed by atoms with Crippen molar-refractivity contribution in [3.05, 3.63) is 23.8 Å². The zero-order valence-corrected chi connectivity index (χ0v) is 10.6. The molecule has 0 spiro atoms. The summed E-state index contributed by atoms with van der Waals surface area (Å²) in [4.78, 5) is 23.7. The number of aromatic carboxylic acids is 1. The predicted octanol–water partition coefficient (Wildman–Crippen LogP) is 1.48. The average Bonchev–Trinajstić information content (AvgIpc) is 2.36. The summed E-state index contributed by atoms with van der Waals surface area (Å²) in [7, 11) is 0. The van der Waals surface area contributed by atoms with Crippen LogP contribution in [0.5, 0.6) is 0 Å². The van der Waals surface area contributed by atoms with Crippen LogP contribution in [0.25, 0.3) is 0 Å². The lowest BCUT2D eigenvalue weighted by atomic mass is 10.1. The smallest absolute Gasteiger partial charge is 0.335 e. The van der Waals surface area contributed by atoms with Crippen LogP contribution in [0.15, 0.2) is 18.2 Å². The van der Waals surface area contributed by atoms with Gasteiger partial charge in [0.2, 0.25) is 0 Å². The summed E-state index contributed by atoms with van der Waals surface area (Å²) in [6, 6.07) is 4.67. The third-order valence-corrected chi connectivity index (χ3v) is 3.22. The molecular weight excluding hydrogens is 248 g/mol. The largest absolute Gasteiger partial charge is 0.481 e. The normalized spacial score (nSPS) is 15.3. The molecule has 1 aromatic carbocycles. The van der Waals surface area contributed by atoms with Crippen LogP contribution in [-0.2, 0) is 4.79 Å². The van der Waals surface area contributed by atoms with Gasteiger partial charge in [0.05, 0.1) is 23.4 Å². The Hall–Kier alpha value is -2.24. The first-order valence-electron chi connectivity index (χ1n) is 6.08. The first-order valence-corrected chi connectivity index (χ1v) is 6.08. The van der Waals surface area contributed by atoms with Crippen molar-refractivity contribution in [2.75, 3.05) is 23.3 Å². The van der Waals surface area contributed by atoms with E-state index in [2.05, 4.69) is 5.32 Å². The maximum atomic E-state index is 11.0. The molecule has 0 aromatic heterocycles. The molecule has 3 N–H and O–H groups in total. The number of aliphatic carboxylic acids is 1. The molecule has 0 fully saturated rings. The lowest BCUT2D eigenvalue weighted by Gasteiger charge is -2.36. The molecule has 0 bridgehead atoms. The first-order chi connectivity index (χ1) is 8.99. The summed E-state index contributed by atoms with van der Waals surface area (Å²) in [5, 5.41) is 21.1. The summed E-state index contributed by atoms with van der Waals surface area (Å²) < 4.78 is 0. The van der Waals surface area contributed by atoms with Gasteiger partial charge < -0.3 is 20.4 Å². The van der Waals surface area contributed by atoms with E-state index in [9.17, 15) is 9.59 Å². The van der Waals surface area contributed by atoms with Crippen molar-refractivity contribution < 1.29 is 19.8 Å². The topological polar surface area (TPSA) is 89.9 Å². The molecule has 0 radical (unpaired) electrons. The molecule has 1 atom stereocenters. The van der Waals surface area contributed by atoms with Crippen LogP contribution in [0.1, 0.15) is 23.7 Å². The van der Waals surface area contributed by atoms with E-state index in [4.69, 9.17) is 10.2 Å². The van der Waals surface area contributed by atoms with Crippen LogP contribution >= 0.6 is 0 Å². The molecule has 0 amide bonds. The van der Waals surface area contributed by atoms with Gasteiger partial charge in [-0.2, -0.15) is 0 Å². The second-order valence-electron chi connectivity index (χ2n) is 4.60. The number of carbonyl (C=O) groups is 2. The average molecular weight is 264 g/mol. The van der Waals surface area contributed by atoms with Crippen LogP contribution in [0.2, 0.25) is 0 Å². The highest BCUT2D eigenvalue weighted by Gasteiger charge is 2.23. The fraction of sp³-hybridized carbons (Fsp3) is 0.385. The van der Waals surface area contributed by atoms with Crippen molar-refractivity contribution >= 4 is 23.3 Å². The molecule has 0 aliphatic carbocycles. The molecule has 1 aromatic rings. The van der Waals surface area contributed by atoms with Crippen LogP contribution in [0.4, 0.5) is 11.4 Å². The van der Waals surface area contributed by atoms with E-state index in [-0.39, 0.29) is 18.0 Å². The molecular formula is C13H16N2O4. The fourth-order valence-electron chi connectivity index (χ4n) is 2.30. The summed E-state index contributed by atoms with van der Waals surface area (Å²) in [6.07, 6.45) is 0.0245. The van der Waals surface area contributed by atoms with E-state index in [1.807, 2.05) is 11.8 Å². The van der Waals surface area contributed by atoms with E-state index in [0.717, 1.165) is 11.4 Å². The second kappa shape index (κ2) is 5.17. The Morgan fingerprint density at radius 1 is 1.42 bits per heavy atom. The number of nitrogens with zero attached hydrogens (tertiary/aromatic N) is 1. The summed E-state index contributed by atoms with van der Waals surface area (Å²) in [6.45, 7) is 3.20. The standard InChI is InChI=1S/C13H16N2O4/c1-8(6-12(16)17)15-5-4-14-10-3-2-9(13(18)19)7-11(10)15/h2-3,7-8,14H,4-6H2,1H3,(H,16,17)(H,18,19). The van der Waals surface area contributed by atoms with E-state index < -0.39 is 11.9 Å².